The molecule has 0 fully saturated rings. The van der Waals surface area contributed by atoms with Gasteiger partial charge < -0.3 is 4.98 Å². The van der Waals surface area contributed by atoms with E-state index in [2.05, 4.69) is 20.9 Å². The van der Waals surface area contributed by atoms with Crippen LogP contribution in [0.3, 0.4) is 0 Å². The number of halogens is 1. The fraction of sp³-hybridized carbons (Fsp3) is 0.250. The first-order valence-electron chi connectivity index (χ1n) is 5.73. The topological polar surface area (TPSA) is 79.2 Å². The molecule has 0 amide bonds. The highest BCUT2D eigenvalue weighted by Crippen LogP contribution is 2.21. The SMILES string of the molecule is CN(CC(=O)c1cc([N+](=O)[O-])c[nH]1)Cc1cc(Br)cs1. The molecule has 0 spiro atoms. The Balaban J connectivity index is 1.94. The Labute approximate surface area is 127 Å². The van der Waals surface area contributed by atoms with Crippen molar-refractivity contribution in [3.05, 3.63) is 48.9 Å². The van der Waals surface area contributed by atoms with Crippen molar-refractivity contribution in [2.24, 2.45) is 0 Å². The standard InChI is InChI=1S/C12H12BrN3O3S/c1-15(5-10-2-8(13)7-20-10)6-12(17)11-3-9(4-14-11)16(18)19/h2-4,7,14H,5-6H2,1H3. The molecule has 2 heterocycles. The van der Waals surface area contributed by atoms with E-state index >= 15 is 0 Å². The number of aromatic nitrogens is 1. The van der Waals surface area contributed by atoms with Gasteiger partial charge in [-0.25, -0.2) is 0 Å². The van der Waals surface area contributed by atoms with E-state index in [4.69, 9.17) is 0 Å². The Morgan fingerprint density at radius 2 is 2.30 bits per heavy atom. The van der Waals surface area contributed by atoms with Crippen LogP contribution in [0, 0.1) is 10.1 Å². The predicted molar refractivity (Wildman–Crippen MR) is 80.1 cm³/mol. The summed E-state index contributed by atoms with van der Waals surface area (Å²) in [4.78, 5) is 27.7. The third-order valence-electron chi connectivity index (χ3n) is 2.64. The van der Waals surface area contributed by atoms with Gasteiger partial charge >= 0.3 is 0 Å². The molecule has 0 saturated carbocycles. The van der Waals surface area contributed by atoms with Gasteiger partial charge in [-0.2, -0.15) is 0 Å². The summed E-state index contributed by atoms with van der Waals surface area (Å²) in [6.45, 7) is 0.859. The lowest BCUT2D eigenvalue weighted by Crippen LogP contribution is -2.25. The van der Waals surface area contributed by atoms with Crippen LogP contribution in [0.25, 0.3) is 0 Å². The summed E-state index contributed by atoms with van der Waals surface area (Å²) in [5, 5.41) is 12.5. The van der Waals surface area contributed by atoms with Gasteiger partial charge in [0, 0.05) is 27.3 Å². The van der Waals surface area contributed by atoms with Crippen LogP contribution in [0.4, 0.5) is 5.69 Å². The Morgan fingerprint density at radius 3 is 2.85 bits per heavy atom. The van der Waals surface area contributed by atoms with Gasteiger partial charge in [-0.05, 0) is 29.0 Å². The van der Waals surface area contributed by atoms with Crippen molar-refractivity contribution in [1.82, 2.24) is 9.88 Å². The molecule has 0 unspecified atom stereocenters. The second-order valence-corrected chi connectivity index (χ2v) is 6.27. The third kappa shape index (κ3) is 3.75. The highest BCUT2D eigenvalue weighted by Gasteiger charge is 2.16. The van der Waals surface area contributed by atoms with Crippen LogP contribution in [0.15, 0.2) is 28.2 Å². The van der Waals surface area contributed by atoms with Crippen molar-refractivity contribution in [3.8, 4) is 0 Å². The highest BCUT2D eigenvalue weighted by molar-refractivity contribution is 9.10. The van der Waals surface area contributed by atoms with Gasteiger partial charge in [0.1, 0.15) is 0 Å². The number of thiophene rings is 1. The number of ketones is 1. The van der Waals surface area contributed by atoms with Crippen molar-refractivity contribution >= 4 is 38.7 Å². The second kappa shape index (κ2) is 6.29. The van der Waals surface area contributed by atoms with E-state index < -0.39 is 4.92 Å². The zero-order chi connectivity index (χ0) is 14.7. The molecule has 0 aliphatic rings. The average Bonchev–Trinajstić information content (AvgIpc) is 2.98. The molecule has 0 aromatic carbocycles. The predicted octanol–water partition coefficient (Wildman–Crippen LogP) is 3.06. The fourth-order valence-corrected chi connectivity index (χ4v) is 3.27. The van der Waals surface area contributed by atoms with Crippen molar-refractivity contribution < 1.29 is 9.72 Å². The number of H-pyrrole nitrogens is 1. The molecule has 2 rings (SSSR count). The number of carbonyl (C=O) groups is 1. The highest BCUT2D eigenvalue weighted by atomic mass is 79.9. The number of carbonyl (C=O) groups excluding carboxylic acids is 1. The quantitative estimate of drug-likeness (QED) is 0.489. The average molecular weight is 358 g/mol. The van der Waals surface area contributed by atoms with Crippen LogP contribution < -0.4 is 0 Å². The lowest BCUT2D eigenvalue weighted by atomic mass is 10.2. The van der Waals surface area contributed by atoms with Crippen molar-refractivity contribution in [3.63, 3.8) is 0 Å². The molecule has 0 saturated heterocycles. The molecule has 1 N–H and O–H groups in total. The van der Waals surface area contributed by atoms with Crippen LogP contribution in [0.1, 0.15) is 15.4 Å². The van der Waals surface area contributed by atoms with E-state index in [9.17, 15) is 14.9 Å². The third-order valence-corrected chi connectivity index (χ3v) is 4.32. The summed E-state index contributed by atoms with van der Waals surface area (Å²) >= 11 is 4.99. The molecule has 0 aliphatic carbocycles. The Morgan fingerprint density at radius 1 is 1.55 bits per heavy atom. The van der Waals surface area contributed by atoms with Crippen LogP contribution >= 0.6 is 27.3 Å². The summed E-state index contributed by atoms with van der Waals surface area (Å²) in [5.74, 6) is -0.170. The molecule has 0 aliphatic heterocycles. The Hall–Kier alpha value is -1.51. The molecular weight excluding hydrogens is 346 g/mol. The number of nitro groups is 1. The molecule has 0 bridgehead atoms. The van der Waals surface area contributed by atoms with Gasteiger partial charge in [0.25, 0.3) is 5.69 Å². The number of nitrogens with one attached hydrogen (secondary N) is 1. The molecule has 106 valence electrons. The van der Waals surface area contributed by atoms with Gasteiger partial charge in [0.2, 0.25) is 0 Å². The van der Waals surface area contributed by atoms with Crippen molar-refractivity contribution in [2.45, 2.75) is 6.54 Å². The number of likely N-dealkylation sites (N-methyl/N-ethyl adjacent to an activating group) is 1. The molecule has 2 aromatic rings. The number of hydrogen-bond acceptors (Lipinski definition) is 5. The van der Waals surface area contributed by atoms with Crippen LogP contribution in [0.5, 0.6) is 0 Å². The largest absolute Gasteiger partial charge is 0.353 e. The molecule has 8 heteroatoms. The molecule has 0 radical (unpaired) electrons. The lowest BCUT2D eigenvalue weighted by Gasteiger charge is -2.13. The smallest absolute Gasteiger partial charge is 0.287 e. The van der Waals surface area contributed by atoms with Crippen LogP contribution in [-0.4, -0.2) is 34.2 Å². The number of rotatable bonds is 6. The first-order chi connectivity index (χ1) is 9.45. The normalized spacial score (nSPS) is 10.9. The van der Waals surface area contributed by atoms with Crippen LogP contribution in [-0.2, 0) is 6.54 Å². The van der Waals surface area contributed by atoms with Gasteiger partial charge in [-0.1, -0.05) is 0 Å². The monoisotopic (exact) mass is 357 g/mol. The van der Waals surface area contributed by atoms with Gasteiger partial charge in [-0.3, -0.25) is 19.8 Å². The maximum Gasteiger partial charge on any atom is 0.287 e. The van der Waals surface area contributed by atoms with E-state index in [0.29, 0.717) is 6.54 Å². The maximum atomic E-state index is 12.0. The maximum absolute atomic E-state index is 12.0. The Kier molecular flexibility index (Phi) is 4.69. The van der Waals surface area contributed by atoms with Crippen molar-refractivity contribution in [2.75, 3.05) is 13.6 Å². The lowest BCUT2D eigenvalue weighted by molar-refractivity contribution is -0.384. The molecule has 6 nitrogen and oxygen atoms in total. The van der Waals surface area contributed by atoms with E-state index in [1.807, 2.05) is 23.4 Å². The minimum atomic E-state index is -0.528. The minimum absolute atomic E-state index is 0.0989. The summed E-state index contributed by atoms with van der Waals surface area (Å²) in [6.07, 6.45) is 1.23. The number of nitrogens with zero attached hydrogens (tertiary/aromatic N) is 2. The van der Waals surface area contributed by atoms with Gasteiger partial charge in [-0.15, -0.1) is 11.3 Å². The zero-order valence-corrected chi connectivity index (χ0v) is 13.0. The first kappa shape index (κ1) is 14.9. The molecule has 0 atom stereocenters. The summed E-state index contributed by atoms with van der Waals surface area (Å²) in [6, 6.07) is 3.27. The first-order valence-corrected chi connectivity index (χ1v) is 7.40. The van der Waals surface area contributed by atoms with Crippen molar-refractivity contribution in [1.29, 1.82) is 0 Å². The van der Waals surface area contributed by atoms with Gasteiger partial charge in [0.05, 0.1) is 23.4 Å². The van der Waals surface area contributed by atoms with Crippen LogP contribution in [0.2, 0.25) is 0 Å². The summed E-state index contributed by atoms with van der Waals surface area (Å²) in [5.41, 5.74) is 0.161. The minimum Gasteiger partial charge on any atom is -0.353 e. The van der Waals surface area contributed by atoms with E-state index in [1.165, 1.54) is 12.3 Å². The molecular formula is C12H12BrN3O3S. The summed E-state index contributed by atoms with van der Waals surface area (Å²) < 4.78 is 1.03. The zero-order valence-electron chi connectivity index (χ0n) is 10.6. The molecule has 2 aromatic heterocycles. The number of Topliss-reactive ketones (excluding diaryl/α,β-unsaturated/α-hetero) is 1. The number of aromatic amines is 1. The van der Waals surface area contributed by atoms with E-state index in [1.54, 1.807) is 11.3 Å². The van der Waals surface area contributed by atoms with Gasteiger partial charge in [0.15, 0.2) is 5.78 Å². The summed E-state index contributed by atoms with van der Waals surface area (Å²) in [7, 11) is 1.84. The Bertz CT molecular complexity index is 637. The second-order valence-electron chi connectivity index (χ2n) is 4.36. The fourth-order valence-electron chi connectivity index (χ4n) is 1.74. The number of hydrogen-bond donors (Lipinski definition) is 1. The molecule has 20 heavy (non-hydrogen) atoms. The van der Waals surface area contributed by atoms with E-state index in [-0.39, 0.29) is 23.7 Å². The van der Waals surface area contributed by atoms with E-state index in [0.717, 1.165) is 9.35 Å².